The van der Waals surface area contributed by atoms with Crippen molar-refractivity contribution in [3.8, 4) is 0 Å². The lowest BCUT2D eigenvalue weighted by atomic mass is 10.6. The molecule has 0 rings (SSSR count). The van der Waals surface area contributed by atoms with Gasteiger partial charge in [-0.2, -0.15) is 11.8 Å². The molecule has 0 saturated carbocycles. The topological polar surface area (TPSA) is 0 Å². The van der Waals surface area contributed by atoms with Crippen LogP contribution in [0.15, 0.2) is 0 Å². The van der Waals surface area contributed by atoms with Gasteiger partial charge in [0.15, 0.2) is 0 Å². The molecule has 0 radical (unpaired) electrons. The van der Waals surface area contributed by atoms with Crippen molar-refractivity contribution in [2.45, 2.75) is 19.1 Å². The van der Waals surface area contributed by atoms with Crippen molar-refractivity contribution in [3.63, 3.8) is 0 Å². The average molecular weight is 205 g/mol. The molecule has 0 amide bonds. The first-order valence-electron chi connectivity index (χ1n) is 2.83. The molecule has 0 unspecified atom stereocenters. The van der Waals surface area contributed by atoms with Crippen LogP contribution in [-0.2, 0) is 0 Å². The van der Waals surface area contributed by atoms with Gasteiger partial charge in [0.2, 0.25) is 0 Å². The van der Waals surface area contributed by atoms with Crippen LogP contribution in [0.4, 0.5) is 0 Å². The van der Waals surface area contributed by atoms with Gasteiger partial charge in [0, 0.05) is 6.16 Å². The Hall–Kier alpha value is 1.36. The Morgan fingerprint density at radius 2 is 2.00 bits per heavy atom. The second-order valence-corrected chi connectivity index (χ2v) is 7.65. The smallest absolute Gasteiger partial charge is 0.0862 e. The third kappa shape index (κ3) is 9.36. The number of thioether (sulfide) groups is 1. The number of hydrogen-bond acceptors (Lipinski definition) is 1. The minimum absolute atomic E-state index is 0.702. The maximum Gasteiger partial charge on any atom is 0.0862 e. The molecule has 56 valence electrons. The summed E-state index contributed by atoms with van der Waals surface area (Å²) in [5, 5.41) is 0.702. The highest BCUT2D eigenvalue weighted by atomic mass is 35.9. The molecule has 0 aliphatic rings. The molecule has 0 nitrogen and oxygen atoms in total. The third-order valence-corrected chi connectivity index (χ3v) is 3.70. The second-order valence-electron chi connectivity index (χ2n) is 1.95. The maximum atomic E-state index is 5.58. The number of rotatable bonds is 4. The highest BCUT2D eigenvalue weighted by Gasteiger charge is 1.99. The summed E-state index contributed by atoms with van der Waals surface area (Å²) in [6.07, 6.45) is 0.960. The molecular weight excluding hydrogens is 194 g/mol. The van der Waals surface area contributed by atoms with E-state index in [4.69, 9.17) is 22.5 Å². The standard InChI is InChI=1S/C5H11Cl2PS/c1-5(2)9-4-3-8(6)7/h5H,3-4H2,1-2H3. The van der Waals surface area contributed by atoms with Gasteiger partial charge in [-0.25, -0.2) is 0 Å². The summed E-state index contributed by atoms with van der Waals surface area (Å²) in [5.74, 6) is 1.09. The summed E-state index contributed by atoms with van der Waals surface area (Å²) in [6, 6.07) is 0. The van der Waals surface area contributed by atoms with Crippen LogP contribution in [0.1, 0.15) is 13.8 Å². The summed E-state index contributed by atoms with van der Waals surface area (Å²) in [6.45, 7) is 3.64. The zero-order chi connectivity index (χ0) is 7.28. The zero-order valence-electron chi connectivity index (χ0n) is 5.60. The van der Waals surface area contributed by atoms with E-state index in [2.05, 4.69) is 13.8 Å². The number of halogens is 2. The van der Waals surface area contributed by atoms with Crippen LogP contribution in [0, 0.1) is 0 Å². The van der Waals surface area contributed by atoms with E-state index in [1.807, 2.05) is 11.8 Å². The molecule has 0 heterocycles. The molecular formula is C5H11Cl2PS. The van der Waals surface area contributed by atoms with Crippen LogP contribution in [0.3, 0.4) is 0 Å². The van der Waals surface area contributed by atoms with E-state index in [-0.39, 0.29) is 0 Å². The summed E-state index contributed by atoms with van der Waals surface area (Å²) < 4.78 is 0. The first-order chi connectivity index (χ1) is 4.13. The molecule has 0 N–H and O–H groups in total. The van der Waals surface area contributed by atoms with Crippen LogP contribution in [-0.4, -0.2) is 17.2 Å². The fraction of sp³-hybridized carbons (Fsp3) is 1.00. The van der Waals surface area contributed by atoms with E-state index in [0.29, 0.717) is 5.25 Å². The Morgan fingerprint density at radius 3 is 2.33 bits per heavy atom. The lowest BCUT2D eigenvalue weighted by molar-refractivity contribution is 1.11. The SMILES string of the molecule is CC(C)SCCP(Cl)Cl. The third-order valence-electron chi connectivity index (χ3n) is 0.712. The fourth-order valence-corrected chi connectivity index (χ4v) is 3.04. The Bertz CT molecular complexity index is 60.0. The van der Waals surface area contributed by atoms with Crippen molar-refractivity contribution < 1.29 is 0 Å². The van der Waals surface area contributed by atoms with Crippen molar-refractivity contribution in [3.05, 3.63) is 0 Å². The highest BCUT2D eigenvalue weighted by molar-refractivity contribution is 8.05. The minimum atomic E-state index is -0.708. The fourth-order valence-electron chi connectivity index (χ4n) is 0.357. The van der Waals surface area contributed by atoms with E-state index >= 15 is 0 Å². The minimum Gasteiger partial charge on any atom is -0.159 e. The molecule has 0 aliphatic carbocycles. The van der Waals surface area contributed by atoms with Gasteiger partial charge in [-0.05, 0) is 11.0 Å². The molecule has 0 aromatic rings. The molecule has 0 bridgehead atoms. The van der Waals surface area contributed by atoms with Gasteiger partial charge in [-0.1, -0.05) is 36.3 Å². The molecule has 0 aromatic carbocycles. The average Bonchev–Trinajstić information content (AvgIpc) is 1.63. The largest absolute Gasteiger partial charge is 0.159 e. The molecule has 0 saturated heterocycles. The Kier molecular flexibility index (Phi) is 7.02. The molecule has 0 atom stereocenters. The zero-order valence-corrected chi connectivity index (χ0v) is 8.83. The van der Waals surface area contributed by atoms with Gasteiger partial charge in [0.05, 0.1) is 6.63 Å². The Balaban J connectivity index is 2.91. The van der Waals surface area contributed by atoms with E-state index in [1.54, 1.807) is 0 Å². The molecule has 0 spiro atoms. The van der Waals surface area contributed by atoms with Crippen molar-refractivity contribution in [2.24, 2.45) is 0 Å². The van der Waals surface area contributed by atoms with E-state index < -0.39 is 6.63 Å². The summed E-state index contributed by atoms with van der Waals surface area (Å²) >= 11 is 13.1. The van der Waals surface area contributed by atoms with E-state index in [9.17, 15) is 0 Å². The lowest BCUT2D eigenvalue weighted by Crippen LogP contribution is -1.90. The van der Waals surface area contributed by atoms with Crippen LogP contribution in [0.25, 0.3) is 0 Å². The summed E-state index contributed by atoms with van der Waals surface area (Å²) in [4.78, 5) is 0. The predicted molar refractivity (Wildman–Crippen MR) is 51.1 cm³/mol. The molecule has 0 aromatic heterocycles. The van der Waals surface area contributed by atoms with Crippen molar-refractivity contribution in [1.82, 2.24) is 0 Å². The lowest BCUT2D eigenvalue weighted by Gasteiger charge is -2.03. The van der Waals surface area contributed by atoms with Crippen molar-refractivity contribution in [2.75, 3.05) is 11.9 Å². The molecule has 9 heavy (non-hydrogen) atoms. The van der Waals surface area contributed by atoms with Gasteiger partial charge in [0.25, 0.3) is 0 Å². The predicted octanol–water partition coefficient (Wildman–Crippen LogP) is 3.92. The van der Waals surface area contributed by atoms with Gasteiger partial charge >= 0.3 is 0 Å². The second kappa shape index (κ2) is 6.09. The normalized spacial score (nSPS) is 11.3. The summed E-state index contributed by atoms with van der Waals surface area (Å²) in [5.41, 5.74) is 0. The van der Waals surface area contributed by atoms with Crippen molar-refractivity contribution >= 4 is 40.9 Å². The maximum absolute atomic E-state index is 5.58. The first kappa shape index (κ1) is 10.4. The molecule has 0 fully saturated rings. The van der Waals surface area contributed by atoms with Crippen LogP contribution < -0.4 is 0 Å². The van der Waals surface area contributed by atoms with Gasteiger partial charge in [-0.15, -0.1) is 0 Å². The van der Waals surface area contributed by atoms with E-state index in [0.717, 1.165) is 11.9 Å². The van der Waals surface area contributed by atoms with E-state index in [1.165, 1.54) is 0 Å². The monoisotopic (exact) mass is 204 g/mol. The Labute approximate surface area is 72.0 Å². The molecule has 0 aliphatic heterocycles. The molecule has 4 heteroatoms. The summed E-state index contributed by atoms with van der Waals surface area (Å²) in [7, 11) is 0. The van der Waals surface area contributed by atoms with Crippen LogP contribution in [0.5, 0.6) is 0 Å². The van der Waals surface area contributed by atoms with Gasteiger partial charge in [0.1, 0.15) is 0 Å². The van der Waals surface area contributed by atoms with Gasteiger partial charge in [-0.3, -0.25) is 0 Å². The first-order valence-corrected chi connectivity index (χ1v) is 7.22. The van der Waals surface area contributed by atoms with Gasteiger partial charge < -0.3 is 0 Å². The quantitative estimate of drug-likeness (QED) is 0.627. The van der Waals surface area contributed by atoms with Crippen LogP contribution in [0.2, 0.25) is 0 Å². The Morgan fingerprint density at radius 1 is 1.44 bits per heavy atom. The highest BCUT2D eigenvalue weighted by Crippen LogP contribution is 2.46. The number of hydrogen-bond donors (Lipinski definition) is 0. The van der Waals surface area contributed by atoms with Crippen LogP contribution >= 0.6 is 40.9 Å². The van der Waals surface area contributed by atoms with Crippen molar-refractivity contribution in [1.29, 1.82) is 0 Å².